The average Bonchev–Trinajstić information content (AvgIpc) is 2.78. The Morgan fingerprint density at radius 2 is 1.65 bits per heavy atom. The van der Waals surface area contributed by atoms with E-state index in [-0.39, 0.29) is 11.8 Å². The maximum atomic E-state index is 13.0. The zero-order chi connectivity index (χ0) is 22.0. The van der Waals surface area contributed by atoms with Gasteiger partial charge in [0.25, 0.3) is 5.91 Å². The number of piperazine rings is 1. The van der Waals surface area contributed by atoms with E-state index in [1.807, 2.05) is 53.4 Å². The molecule has 7 heteroatoms. The summed E-state index contributed by atoms with van der Waals surface area (Å²) >= 11 is 6.53. The number of methoxy groups -OCH3 is 1. The number of anilines is 2. The van der Waals surface area contributed by atoms with Crippen LogP contribution in [0.1, 0.15) is 17.3 Å². The summed E-state index contributed by atoms with van der Waals surface area (Å²) < 4.78 is 5.44. The van der Waals surface area contributed by atoms with E-state index in [4.69, 9.17) is 16.3 Å². The third-order valence-electron chi connectivity index (χ3n) is 5.58. The van der Waals surface area contributed by atoms with Gasteiger partial charge < -0.3 is 19.9 Å². The number of carbonyl (C=O) groups excluding carboxylic acids is 2. The Balaban J connectivity index is 1.51. The number of hydrogen-bond donors (Lipinski definition) is 1. The summed E-state index contributed by atoms with van der Waals surface area (Å²) in [4.78, 5) is 28.5. The molecule has 1 aliphatic heterocycles. The summed E-state index contributed by atoms with van der Waals surface area (Å²) in [5, 5.41) is 5.44. The van der Waals surface area contributed by atoms with E-state index in [0.717, 1.165) is 29.5 Å². The van der Waals surface area contributed by atoms with Crippen LogP contribution in [0.25, 0.3) is 10.8 Å². The summed E-state index contributed by atoms with van der Waals surface area (Å²) in [6, 6.07) is 17.0. The molecule has 0 bridgehead atoms. The molecule has 2 amide bonds. The maximum absolute atomic E-state index is 13.0. The molecule has 1 saturated heterocycles. The highest BCUT2D eigenvalue weighted by atomic mass is 35.5. The number of carbonyl (C=O) groups is 2. The molecule has 4 rings (SSSR count). The number of amides is 2. The zero-order valence-electron chi connectivity index (χ0n) is 17.5. The zero-order valence-corrected chi connectivity index (χ0v) is 18.3. The van der Waals surface area contributed by atoms with Gasteiger partial charge in [-0.15, -0.1) is 0 Å². The molecule has 31 heavy (non-hydrogen) atoms. The Hall–Kier alpha value is -3.25. The van der Waals surface area contributed by atoms with Gasteiger partial charge in [-0.05, 0) is 41.1 Å². The molecule has 6 nitrogen and oxygen atoms in total. The van der Waals surface area contributed by atoms with E-state index < -0.39 is 0 Å². The van der Waals surface area contributed by atoms with Crippen LogP contribution in [0.4, 0.5) is 11.4 Å². The molecule has 0 radical (unpaired) electrons. The lowest BCUT2D eigenvalue weighted by atomic mass is 10.1. The number of nitrogens with one attached hydrogen (secondary N) is 1. The van der Waals surface area contributed by atoms with Crippen LogP contribution in [0.3, 0.4) is 0 Å². The van der Waals surface area contributed by atoms with Crippen molar-refractivity contribution >= 4 is 45.6 Å². The summed E-state index contributed by atoms with van der Waals surface area (Å²) in [5.74, 6) is 0.344. The second-order valence-corrected chi connectivity index (χ2v) is 7.92. The van der Waals surface area contributed by atoms with Crippen molar-refractivity contribution in [3.8, 4) is 5.75 Å². The molecule has 1 heterocycles. The van der Waals surface area contributed by atoms with Crippen molar-refractivity contribution in [1.29, 1.82) is 0 Å². The number of benzene rings is 3. The Bertz CT molecular complexity index is 1140. The van der Waals surface area contributed by atoms with Crippen LogP contribution >= 0.6 is 11.6 Å². The van der Waals surface area contributed by atoms with Crippen LogP contribution in [0.15, 0.2) is 54.6 Å². The minimum absolute atomic E-state index is 0.0907. The Labute approximate surface area is 186 Å². The first-order valence-corrected chi connectivity index (χ1v) is 10.5. The van der Waals surface area contributed by atoms with Crippen molar-refractivity contribution in [3.05, 3.63) is 65.2 Å². The van der Waals surface area contributed by atoms with Gasteiger partial charge in [0.1, 0.15) is 5.75 Å². The second kappa shape index (κ2) is 8.86. The van der Waals surface area contributed by atoms with Gasteiger partial charge in [-0.2, -0.15) is 0 Å². The molecule has 0 aliphatic carbocycles. The molecule has 1 aliphatic rings. The minimum atomic E-state index is -0.263. The largest absolute Gasteiger partial charge is 0.496 e. The summed E-state index contributed by atoms with van der Waals surface area (Å²) in [6.07, 6.45) is 0. The van der Waals surface area contributed by atoms with Crippen molar-refractivity contribution in [2.75, 3.05) is 43.5 Å². The fraction of sp³-hybridized carbons (Fsp3) is 0.250. The lowest BCUT2D eigenvalue weighted by Crippen LogP contribution is -2.48. The van der Waals surface area contributed by atoms with Crippen molar-refractivity contribution in [2.45, 2.75) is 6.92 Å². The molecule has 3 aromatic rings. The monoisotopic (exact) mass is 437 g/mol. The minimum Gasteiger partial charge on any atom is -0.496 e. The molecule has 0 atom stereocenters. The molecule has 3 aromatic carbocycles. The van der Waals surface area contributed by atoms with Crippen LogP contribution in [-0.2, 0) is 4.79 Å². The van der Waals surface area contributed by atoms with Gasteiger partial charge in [0.2, 0.25) is 5.91 Å². The highest BCUT2D eigenvalue weighted by Gasteiger charge is 2.21. The predicted molar refractivity (Wildman–Crippen MR) is 124 cm³/mol. The molecule has 160 valence electrons. The third-order valence-corrected chi connectivity index (χ3v) is 5.89. The van der Waals surface area contributed by atoms with Crippen LogP contribution < -0.4 is 15.0 Å². The molecule has 0 saturated carbocycles. The number of nitrogens with zero attached hydrogens (tertiary/aromatic N) is 2. The van der Waals surface area contributed by atoms with E-state index in [9.17, 15) is 9.59 Å². The van der Waals surface area contributed by atoms with E-state index in [2.05, 4.69) is 10.2 Å². The lowest BCUT2D eigenvalue weighted by Gasteiger charge is -2.36. The van der Waals surface area contributed by atoms with Gasteiger partial charge in [0, 0.05) is 38.8 Å². The fourth-order valence-electron chi connectivity index (χ4n) is 3.87. The molecule has 0 unspecified atom stereocenters. The normalized spacial score (nSPS) is 13.9. The molecule has 0 aromatic heterocycles. The number of ether oxygens (including phenoxy) is 1. The first kappa shape index (κ1) is 21.0. The topological polar surface area (TPSA) is 61.9 Å². The number of fused-ring (bicyclic) bond motifs is 1. The molecular weight excluding hydrogens is 414 g/mol. The van der Waals surface area contributed by atoms with Gasteiger partial charge in [0.15, 0.2) is 0 Å². The third kappa shape index (κ3) is 4.44. The molecule has 1 fully saturated rings. The maximum Gasteiger partial charge on any atom is 0.259 e. The lowest BCUT2D eigenvalue weighted by molar-refractivity contribution is -0.129. The fourth-order valence-corrected chi connectivity index (χ4v) is 4.17. The predicted octanol–water partition coefficient (Wildman–Crippen LogP) is 4.42. The van der Waals surface area contributed by atoms with E-state index in [1.54, 1.807) is 20.1 Å². The number of halogens is 1. The van der Waals surface area contributed by atoms with Crippen molar-refractivity contribution in [1.82, 2.24) is 4.90 Å². The number of hydrogen-bond acceptors (Lipinski definition) is 4. The summed E-state index contributed by atoms with van der Waals surface area (Å²) in [5.41, 5.74) is 1.96. The second-order valence-electron chi connectivity index (χ2n) is 7.51. The first-order valence-electron chi connectivity index (χ1n) is 10.1. The van der Waals surface area contributed by atoms with E-state index >= 15 is 0 Å². The SMILES string of the molecule is COc1cc2ccccc2cc1C(=O)Nc1ccc(N2CCN(C(C)=O)CC2)c(Cl)c1. The van der Waals surface area contributed by atoms with Gasteiger partial charge in [0.05, 0.1) is 23.4 Å². The molecule has 1 N–H and O–H groups in total. The first-order chi connectivity index (χ1) is 15.0. The Kier molecular flexibility index (Phi) is 6.00. The van der Waals surface area contributed by atoms with Gasteiger partial charge in [-0.3, -0.25) is 9.59 Å². The van der Waals surface area contributed by atoms with Crippen LogP contribution in [0, 0.1) is 0 Å². The Morgan fingerprint density at radius 1 is 0.968 bits per heavy atom. The average molecular weight is 438 g/mol. The van der Waals surface area contributed by atoms with Gasteiger partial charge in [-0.25, -0.2) is 0 Å². The smallest absolute Gasteiger partial charge is 0.259 e. The van der Waals surface area contributed by atoms with Gasteiger partial charge >= 0.3 is 0 Å². The summed E-state index contributed by atoms with van der Waals surface area (Å²) in [6.45, 7) is 4.38. The Morgan fingerprint density at radius 3 is 2.26 bits per heavy atom. The van der Waals surface area contributed by atoms with Gasteiger partial charge in [-0.1, -0.05) is 35.9 Å². The molecule has 0 spiro atoms. The highest BCUT2D eigenvalue weighted by Crippen LogP contribution is 2.31. The van der Waals surface area contributed by atoms with E-state index in [1.165, 1.54) is 0 Å². The van der Waals surface area contributed by atoms with Crippen molar-refractivity contribution in [2.24, 2.45) is 0 Å². The summed E-state index contributed by atoms with van der Waals surface area (Å²) in [7, 11) is 1.55. The van der Waals surface area contributed by atoms with Crippen LogP contribution in [0.2, 0.25) is 5.02 Å². The van der Waals surface area contributed by atoms with Crippen molar-refractivity contribution < 1.29 is 14.3 Å². The van der Waals surface area contributed by atoms with E-state index in [0.29, 0.717) is 35.1 Å². The standard InChI is InChI=1S/C24H24ClN3O3/c1-16(29)27-9-11-28(12-10-27)22-8-7-19(15-21(22)25)26-24(30)20-13-17-5-3-4-6-18(17)14-23(20)31-2/h3-8,13-15H,9-12H2,1-2H3,(H,26,30). The van der Waals surface area contributed by atoms with Crippen molar-refractivity contribution in [3.63, 3.8) is 0 Å². The molecular formula is C24H24ClN3O3. The number of rotatable bonds is 4. The quantitative estimate of drug-likeness (QED) is 0.656. The van der Waals surface area contributed by atoms with Crippen LogP contribution in [-0.4, -0.2) is 50.0 Å². The van der Waals surface area contributed by atoms with Crippen LogP contribution in [0.5, 0.6) is 5.75 Å². The highest BCUT2D eigenvalue weighted by molar-refractivity contribution is 6.33.